The zero-order valence-corrected chi connectivity index (χ0v) is 19.4. The molecule has 0 aliphatic heterocycles. The SMILES string of the molecule is Cc1ccc(Oc2nc3cc(Cl)c(C#Cc4ccc(-c5nccs5)cc4)cc3[nH]2)cc1C(=O)O. The Balaban J connectivity index is 1.39. The zero-order valence-electron chi connectivity index (χ0n) is 17.8. The first-order chi connectivity index (χ1) is 16.5. The van der Waals surface area contributed by atoms with Crippen LogP contribution in [0.25, 0.3) is 21.6 Å². The van der Waals surface area contributed by atoms with Gasteiger partial charge >= 0.3 is 5.97 Å². The number of nitrogens with one attached hydrogen (secondary N) is 1. The Morgan fingerprint density at radius 2 is 1.94 bits per heavy atom. The Bertz CT molecular complexity index is 1580. The molecule has 2 heterocycles. The molecule has 0 aliphatic carbocycles. The molecule has 0 saturated heterocycles. The lowest BCUT2D eigenvalue weighted by molar-refractivity contribution is 0.0695. The molecule has 34 heavy (non-hydrogen) atoms. The first kappa shape index (κ1) is 21.7. The van der Waals surface area contributed by atoms with Crippen LogP contribution in [-0.4, -0.2) is 26.0 Å². The molecule has 0 amide bonds. The molecule has 0 saturated carbocycles. The van der Waals surface area contributed by atoms with Crippen molar-refractivity contribution in [1.82, 2.24) is 15.0 Å². The number of aromatic nitrogens is 3. The molecular weight excluding hydrogens is 470 g/mol. The van der Waals surface area contributed by atoms with Gasteiger partial charge in [0.2, 0.25) is 0 Å². The molecule has 166 valence electrons. The van der Waals surface area contributed by atoms with Crippen molar-refractivity contribution >= 4 is 39.9 Å². The topological polar surface area (TPSA) is 88.1 Å². The number of rotatable bonds is 4. The second-order valence-electron chi connectivity index (χ2n) is 7.44. The third kappa shape index (κ3) is 4.50. The van der Waals surface area contributed by atoms with Gasteiger partial charge in [0, 0.05) is 28.3 Å². The number of aromatic carboxylic acids is 1. The number of benzene rings is 3. The monoisotopic (exact) mass is 485 g/mol. The maximum absolute atomic E-state index is 11.4. The van der Waals surface area contributed by atoms with Crippen molar-refractivity contribution in [2.24, 2.45) is 0 Å². The minimum Gasteiger partial charge on any atom is -0.478 e. The standard InChI is InChI=1S/C26H16ClN3O3S/c1-15-2-9-19(13-20(15)25(31)32)33-26-29-22-12-18(21(27)14-23(22)30-26)8-5-16-3-6-17(7-4-16)24-28-10-11-34-24/h2-4,6-7,9-14H,1H3,(H,29,30)(H,31,32). The number of carboxylic acids is 1. The van der Waals surface area contributed by atoms with Gasteiger partial charge in [-0.2, -0.15) is 4.98 Å². The molecule has 0 fully saturated rings. The van der Waals surface area contributed by atoms with Crippen LogP contribution in [0.15, 0.2) is 66.2 Å². The van der Waals surface area contributed by atoms with Crippen LogP contribution < -0.4 is 4.74 Å². The zero-order chi connectivity index (χ0) is 23.7. The molecule has 0 atom stereocenters. The van der Waals surface area contributed by atoms with E-state index in [2.05, 4.69) is 26.8 Å². The van der Waals surface area contributed by atoms with Gasteiger partial charge in [0.15, 0.2) is 0 Å². The number of thiazole rings is 1. The number of aromatic amines is 1. The van der Waals surface area contributed by atoms with Gasteiger partial charge in [0.05, 0.1) is 21.6 Å². The van der Waals surface area contributed by atoms with Crippen LogP contribution in [0.2, 0.25) is 5.02 Å². The Kier molecular flexibility index (Phi) is 5.76. The van der Waals surface area contributed by atoms with Gasteiger partial charge in [0.1, 0.15) is 10.8 Å². The summed E-state index contributed by atoms with van der Waals surface area (Å²) in [6.45, 7) is 1.73. The molecule has 0 radical (unpaired) electrons. The number of ether oxygens (including phenoxy) is 1. The Labute approximate surface area is 203 Å². The van der Waals surface area contributed by atoms with Crippen molar-refractivity contribution in [3.63, 3.8) is 0 Å². The summed E-state index contributed by atoms with van der Waals surface area (Å²) in [6, 6.07) is 16.5. The Hall–Kier alpha value is -4.12. The van der Waals surface area contributed by atoms with E-state index in [0.29, 0.717) is 32.9 Å². The summed E-state index contributed by atoms with van der Waals surface area (Å²) in [5.74, 6) is 5.60. The average Bonchev–Trinajstić information content (AvgIpc) is 3.49. The third-order valence-electron chi connectivity index (χ3n) is 5.11. The van der Waals surface area contributed by atoms with Crippen LogP contribution in [0.1, 0.15) is 27.0 Å². The second-order valence-corrected chi connectivity index (χ2v) is 8.74. The highest BCUT2D eigenvalue weighted by atomic mass is 35.5. The van der Waals surface area contributed by atoms with Gasteiger partial charge in [-0.05, 0) is 48.9 Å². The molecule has 6 nitrogen and oxygen atoms in total. The summed E-state index contributed by atoms with van der Waals surface area (Å²) in [5, 5.41) is 12.7. The van der Waals surface area contributed by atoms with Gasteiger partial charge < -0.3 is 14.8 Å². The van der Waals surface area contributed by atoms with Crippen molar-refractivity contribution in [1.29, 1.82) is 0 Å². The van der Waals surface area contributed by atoms with E-state index in [1.165, 1.54) is 6.07 Å². The van der Waals surface area contributed by atoms with Crippen molar-refractivity contribution < 1.29 is 14.6 Å². The smallest absolute Gasteiger partial charge is 0.336 e. The fourth-order valence-corrected chi connectivity index (χ4v) is 4.21. The van der Waals surface area contributed by atoms with Gasteiger partial charge in [-0.15, -0.1) is 11.3 Å². The Morgan fingerprint density at radius 3 is 2.68 bits per heavy atom. The molecule has 2 aromatic heterocycles. The van der Waals surface area contributed by atoms with E-state index in [-0.39, 0.29) is 11.6 Å². The number of aryl methyl sites for hydroxylation is 1. The molecule has 0 spiro atoms. The summed E-state index contributed by atoms with van der Waals surface area (Å²) >= 11 is 8.02. The molecule has 5 rings (SSSR count). The third-order valence-corrected chi connectivity index (χ3v) is 6.24. The summed E-state index contributed by atoms with van der Waals surface area (Å²) in [5.41, 5.74) is 4.70. The number of fused-ring (bicyclic) bond motifs is 1. The van der Waals surface area contributed by atoms with Gasteiger partial charge in [-0.1, -0.05) is 41.6 Å². The molecule has 5 aromatic rings. The molecule has 3 aromatic carbocycles. The molecule has 0 unspecified atom stereocenters. The lowest BCUT2D eigenvalue weighted by Gasteiger charge is -2.05. The van der Waals surface area contributed by atoms with Gasteiger partial charge in [0.25, 0.3) is 6.01 Å². The number of carbonyl (C=O) groups is 1. The van der Waals surface area contributed by atoms with E-state index in [0.717, 1.165) is 16.1 Å². The number of imidazole rings is 1. The van der Waals surface area contributed by atoms with Crippen LogP contribution in [0.5, 0.6) is 11.8 Å². The lowest BCUT2D eigenvalue weighted by atomic mass is 10.1. The maximum atomic E-state index is 11.4. The lowest BCUT2D eigenvalue weighted by Crippen LogP contribution is -2.00. The number of H-pyrrole nitrogens is 1. The van der Waals surface area contributed by atoms with E-state index in [1.54, 1.807) is 42.7 Å². The first-order valence-corrected chi connectivity index (χ1v) is 11.4. The van der Waals surface area contributed by atoms with Gasteiger partial charge in [-0.25, -0.2) is 9.78 Å². The van der Waals surface area contributed by atoms with E-state index in [4.69, 9.17) is 16.3 Å². The van der Waals surface area contributed by atoms with Crippen LogP contribution in [-0.2, 0) is 0 Å². The number of nitrogens with zero attached hydrogens (tertiary/aromatic N) is 2. The molecule has 0 bridgehead atoms. The highest BCUT2D eigenvalue weighted by molar-refractivity contribution is 7.13. The van der Waals surface area contributed by atoms with Crippen molar-refractivity contribution in [3.8, 4) is 34.2 Å². The quantitative estimate of drug-likeness (QED) is 0.282. The number of halogens is 1. The highest BCUT2D eigenvalue weighted by Crippen LogP contribution is 2.28. The van der Waals surface area contributed by atoms with Crippen molar-refractivity contribution in [2.75, 3.05) is 0 Å². The fourth-order valence-electron chi connectivity index (χ4n) is 3.36. The van der Waals surface area contributed by atoms with Crippen LogP contribution >= 0.6 is 22.9 Å². The minimum atomic E-state index is -1.01. The molecule has 2 N–H and O–H groups in total. The first-order valence-electron chi connectivity index (χ1n) is 10.2. The van der Waals surface area contributed by atoms with Gasteiger partial charge in [-0.3, -0.25) is 0 Å². The van der Waals surface area contributed by atoms with Crippen molar-refractivity contribution in [3.05, 3.63) is 93.5 Å². The predicted octanol–water partition coefficient (Wildman–Crippen LogP) is 6.54. The Morgan fingerprint density at radius 1 is 1.12 bits per heavy atom. The largest absolute Gasteiger partial charge is 0.478 e. The van der Waals surface area contributed by atoms with E-state index >= 15 is 0 Å². The second kappa shape index (κ2) is 9.02. The van der Waals surface area contributed by atoms with E-state index < -0.39 is 5.97 Å². The summed E-state index contributed by atoms with van der Waals surface area (Å²) in [4.78, 5) is 23.2. The van der Waals surface area contributed by atoms with Crippen LogP contribution in [0.4, 0.5) is 0 Å². The normalized spacial score (nSPS) is 10.6. The average molecular weight is 486 g/mol. The molecular formula is C26H16ClN3O3S. The summed E-state index contributed by atoms with van der Waals surface area (Å²) in [6.07, 6.45) is 1.78. The van der Waals surface area contributed by atoms with E-state index in [1.807, 2.05) is 35.7 Å². The molecule has 8 heteroatoms. The van der Waals surface area contributed by atoms with Crippen LogP contribution in [0.3, 0.4) is 0 Å². The number of hydrogen-bond donors (Lipinski definition) is 2. The summed E-state index contributed by atoms with van der Waals surface area (Å²) < 4.78 is 5.75. The maximum Gasteiger partial charge on any atom is 0.336 e. The van der Waals surface area contributed by atoms with Crippen LogP contribution in [0, 0.1) is 18.8 Å². The summed E-state index contributed by atoms with van der Waals surface area (Å²) in [7, 11) is 0. The number of hydrogen-bond acceptors (Lipinski definition) is 5. The fraction of sp³-hybridized carbons (Fsp3) is 0.0385. The predicted molar refractivity (Wildman–Crippen MR) is 133 cm³/mol. The minimum absolute atomic E-state index is 0.175. The molecule has 0 aliphatic rings. The highest BCUT2D eigenvalue weighted by Gasteiger charge is 2.12. The number of carboxylic acid groups (broad SMARTS) is 1. The van der Waals surface area contributed by atoms with Crippen molar-refractivity contribution in [2.45, 2.75) is 6.92 Å². The van der Waals surface area contributed by atoms with E-state index in [9.17, 15) is 9.90 Å².